The lowest BCUT2D eigenvalue weighted by atomic mass is 10.1. The highest BCUT2D eigenvalue weighted by atomic mass is 35.5. The minimum absolute atomic E-state index is 0.150. The third-order valence-electron chi connectivity index (χ3n) is 5.65. The van der Waals surface area contributed by atoms with Crippen LogP contribution in [0.1, 0.15) is 11.1 Å². The molecule has 4 rings (SSSR count). The van der Waals surface area contributed by atoms with E-state index in [0.717, 1.165) is 5.56 Å². The number of amides is 1. The molecule has 8 nitrogen and oxygen atoms in total. The first-order valence-corrected chi connectivity index (χ1v) is 12.6. The molecule has 3 N–H and O–H groups in total. The van der Waals surface area contributed by atoms with Crippen molar-refractivity contribution < 1.29 is 14.6 Å². The molecule has 1 amide bonds. The average molecular weight is 562 g/mol. The van der Waals surface area contributed by atoms with Crippen molar-refractivity contribution >= 4 is 57.1 Å². The fourth-order valence-electron chi connectivity index (χ4n) is 3.70. The summed E-state index contributed by atoms with van der Waals surface area (Å²) in [5.41, 5.74) is 2.76. The van der Waals surface area contributed by atoms with Crippen LogP contribution in [-0.4, -0.2) is 41.5 Å². The molecule has 4 aromatic rings. The topological polar surface area (TPSA) is 111 Å². The average Bonchev–Trinajstić information content (AvgIpc) is 2.89. The molecule has 0 saturated carbocycles. The Balaban J connectivity index is 1.60. The molecule has 0 aliphatic heterocycles. The van der Waals surface area contributed by atoms with E-state index in [2.05, 4.69) is 21.7 Å². The summed E-state index contributed by atoms with van der Waals surface area (Å²) >= 11 is 12.7. The Kier molecular flexibility index (Phi) is 8.89. The third-order valence-corrected chi connectivity index (χ3v) is 6.31. The highest BCUT2D eigenvalue weighted by molar-refractivity contribution is 6.32. The molecule has 1 aromatic heterocycles. The van der Waals surface area contributed by atoms with Gasteiger partial charge in [-0.25, -0.2) is 0 Å². The third kappa shape index (κ3) is 6.98. The van der Waals surface area contributed by atoms with E-state index in [0.29, 0.717) is 44.6 Å². The van der Waals surface area contributed by atoms with Crippen molar-refractivity contribution in [2.75, 3.05) is 31.3 Å². The Hall–Kier alpha value is -4.29. The van der Waals surface area contributed by atoms with E-state index in [9.17, 15) is 15.2 Å². The number of likely N-dealkylation sites (N-methyl/N-ethyl adjacent to an activating group) is 1. The van der Waals surface area contributed by atoms with Crippen molar-refractivity contribution in [3.63, 3.8) is 0 Å². The maximum Gasteiger partial charge on any atom is 0.248 e. The van der Waals surface area contributed by atoms with Gasteiger partial charge in [0.2, 0.25) is 5.91 Å². The van der Waals surface area contributed by atoms with E-state index in [1.165, 1.54) is 18.3 Å². The van der Waals surface area contributed by atoms with Crippen LogP contribution in [0.5, 0.6) is 11.5 Å². The van der Waals surface area contributed by atoms with Crippen LogP contribution in [0.15, 0.2) is 72.9 Å². The second-order valence-electron chi connectivity index (χ2n) is 8.85. The van der Waals surface area contributed by atoms with E-state index in [1.807, 2.05) is 37.2 Å². The molecule has 0 fully saturated rings. The number of phenolic OH excluding ortho intramolecular Hbond substituents is 1. The second-order valence-corrected chi connectivity index (χ2v) is 9.66. The van der Waals surface area contributed by atoms with Crippen molar-refractivity contribution in [2.45, 2.75) is 6.61 Å². The zero-order chi connectivity index (χ0) is 27.9. The van der Waals surface area contributed by atoms with Gasteiger partial charge in [0.05, 0.1) is 27.5 Å². The predicted octanol–water partition coefficient (Wildman–Crippen LogP) is 6.50. The number of nitrogens with one attached hydrogen (secondary N) is 2. The van der Waals surface area contributed by atoms with Gasteiger partial charge in [0.1, 0.15) is 24.2 Å². The van der Waals surface area contributed by atoms with Crippen LogP contribution in [0, 0.1) is 11.3 Å². The van der Waals surface area contributed by atoms with Gasteiger partial charge >= 0.3 is 0 Å². The molecule has 0 spiro atoms. The number of anilines is 3. The molecule has 0 radical (unpaired) electrons. The Labute approximate surface area is 236 Å². The predicted molar refractivity (Wildman–Crippen MR) is 155 cm³/mol. The van der Waals surface area contributed by atoms with Crippen molar-refractivity contribution in [2.24, 2.45) is 0 Å². The van der Waals surface area contributed by atoms with Crippen LogP contribution in [0.4, 0.5) is 17.1 Å². The molecule has 39 heavy (non-hydrogen) atoms. The number of phenols is 1. The molecule has 0 aliphatic rings. The van der Waals surface area contributed by atoms with Crippen LogP contribution in [0.2, 0.25) is 10.0 Å². The summed E-state index contributed by atoms with van der Waals surface area (Å²) in [4.78, 5) is 18.6. The minimum atomic E-state index is -0.399. The number of ether oxygens (including phenoxy) is 1. The van der Waals surface area contributed by atoms with Crippen molar-refractivity contribution in [1.82, 2.24) is 9.88 Å². The molecule has 1 heterocycles. The molecule has 0 bridgehead atoms. The number of benzene rings is 3. The number of rotatable bonds is 9. The van der Waals surface area contributed by atoms with Gasteiger partial charge in [0.25, 0.3) is 0 Å². The van der Waals surface area contributed by atoms with Gasteiger partial charge in [-0.15, -0.1) is 0 Å². The van der Waals surface area contributed by atoms with Gasteiger partial charge in [-0.1, -0.05) is 47.5 Å². The molecule has 0 atom stereocenters. The van der Waals surface area contributed by atoms with Crippen LogP contribution < -0.4 is 15.4 Å². The molecule has 10 heteroatoms. The quantitative estimate of drug-likeness (QED) is 0.158. The first kappa shape index (κ1) is 27.7. The number of carbonyl (C=O) groups excluding carboxylic acids is 1. The molecule has 198 valence electrons. The lowest BCUT2D eigenvalue weighted by Gasteiger charge is -2.15. The van der Waals surface area contributed by atoms with Gasteiger partial charge in [-0.05, 0) is 44.4 Å². The van der Waals surface area contributed by atoms with Gasteiger partial charge in [0, 0.05) is 46.5 Å². The smallest absolute Gasteiger partial charge is 0.248 e. The Morgan fingerprint density at radius 2 is 1.95 bits per heavy atom. The maximum absolute atomic E-state index is 12.4. The fraction of sp³-hybridized carbons (Fsp3) is 0.138. The summed E-state index contributed by atoms with van der Waals surface area (Å²) in [7, 11) is 3.78. The van der Waals surface area contributed by atoms with E-state index in [-0.39, 0.29) is 23.6 Å². The lowest BCUT2D eigenvalue weighted by Crippen LogP contribution is -2.13. The van der Waals surface area contributed by atoms with Gasteiger partial charge in [-0.2, -0.15) is 5.26 Å². The largest absolute Gasteiger partial charge is 0.506 e. The van der Waals surface area contributed by atoms with E-state index < -0.39 is 5.91 Å². The Morgan fingerprint density at radius 3 is 2.67 bits per heavy atom. The molecule has 0 saturated heterocycles. The Bertz CT molecular complexity index is 1600. The molecular weight excluding hydrogens is 537 g/mol. The Morgan fingerprint density at radius 1 is 1.15 bits per heavy atom. The number of halogens is 2. The summed E-state index contributed by atoms with van der Waals surface area (Å²) in [6.07, 6.45) is 4.51. The SMILES string of the molecule is CN(C)C/C=C/C(=O)Nc1cc2c(Nc3ccc(OCc4ccccc4Cl)c(Cl)c3)c(C#N)cnc2cc1O. The monoisotopic (exact) mass is 561 g/mol. The van der Waals surface area contributed by atoms with Gasteiger partial charge < -0.3 is 25.4 Å². The number of aromatic nitrogens is 1. The zero-order valence-electron chi connectivity index (χ0n) is 21.2. The summed E-state index contributed by atoms with van der Waals surface area (Å²) in [6, 6.07) is 17.7. The molecule has 3 aromatic carbocycles. The molecular formula is C29H25Cl2N5O3. The van der Waals surface area contributed by atoms with E-state index in [1.54, 1.807) is 36.4 Å². The second kappa shape index (κ2) is 12.5. The molecule has 0 unspecified atom stereocenters. The van der Waals surface area contributed by atoms with Crippen LogP contribution in [0.3, 0.4) is 0 Å². The van der Waals surface area contributed by atoms with E-state index >= 15 is 0 Å². The van der Waals surface area contributed by atoms with Crippen molar-refractivity contribution in [3.8, 4) is 17.6 Å². The summed E-state index contributed by atoms with van der Waals surface area (Å²) < 4.78 is 5.85. The number of hydrogen-bond acceptors (Lipinski definition) is 7. The first-order valence-electron chi connectivity index (χ1n) is 11.9. The summed E-state index contributed by atoms with van der Waals surface area (Å²) in [5.74, 6) is -0.0767. The van der Waals surface area contributed by atoms with Crippen LogP contribution in [-0.2, 0) is 11.4 Å². The molecule has 0 aliphatic carbocycles. The number of nitriles is 1. The van der Waals surface area contributed by atoms with Crippen LogP contribution in [0.25, 0.3) is 10.9 Å². The number of carbonyl (C=O) groups is 1. The summed E-state index contributed by atoms with van der Waals surface area (Å²) in [5, 5.41) is 27.6. The zero-order valence-corrected chi connectivity index (χ0v) is 22.7. The minimum Gasteiger partial charge on any atom is -0.506 e. The van der Waals surface area contributed by atoms with E-state index in [4.69, 9.17) is 27.9 Å². The normalized spacial score (nSPS) is 11.1. The number of fused-ring (bicyclic) bond motifs is 1. The highest BCUT2D eigenvalue weighted by Gasteiger charge is 2.15. The maximum atomic E-state index is 12.4. The summed E-state index contributed by atoms with van der Waals surface area (Å²) in [6.45, 7) is 0.842. The fourth-order valence-corrected chi connectivity index (χ4v) is 4.13. The highest BCUT2D eigenvalue weighted by Crippen LogP contribution is 2.37. The number of nitrogens with zero attached hydrogens (tertiary/aromatic N) is 3. The standard InChI is InChI=1S/C29H25Cl2N5O3/c1-36(2)11-5-8-28(38)35-25-13-21-24(14-26(25)37)33-16-19(15-32)29(21)34-20-9-10-27(23(31)12-20)39-17-18-6-3-4-7-22(18)30/h3-10,12-14,16,37H,11,17H2,1-2H3,(H,33,34)(H,35,38)/b8-5+. The van der Waals surface area contributed by atoms with Crippen molar-refractivity contribution in [1.29, 1.82) is 5.26 Å². The number of aromatic hydroxyl groups is 1. The van der Waals surface area contributed by atoms with Crippen LogP contribution >= 0.6 is 23.2 Å². The van der Waals surface area contributed by atoms with Crippen molar-refractivity contribution in [3.05, 3.63) is 94.1 Å². The first-order chi connectivity index (χ1) is 18.7. The number of pyridine rings is 1. The van der Waals surface area contributed by atoms with Gasteiger partial charge in [0.15, 0.2) is 0 Å². The van der Waals surface area contributed by atoms with Gasteiger partial charge in [-0.3, -0.25) is 9.78 Å². The lowest BCUT2D eigenvalue weighted by molar-refractivity contribution is -0.111. The number of hydrogen-bond donors (Lipinski definition) is 3.